The van der Waals surface area contributed by atoms with Gasteiger partial charge in [0, 0.05) is 25.1 Å². The maximum absolute atomic E-state index is 13.1. The van der Waals surface area contributed by atoms with E-state index >= 15 is 0 Å². The molecule has 1 amide bonds. The zero-order chi connectivity index (χ0) is 17.6. The maximum Gasteiger partial charge on any atom is 0.329 e. The molecule has 25 heavy (non-hydrogen) atoms. The van der Waals surface area contributed by atoms with E-state index < -0.39 is 12.0 Å². The molecule has 4 rings (SSSR count). The van der Waals surface area contributed by atoms with Gasteiger partial charge in [-0.25, -0.2) is 14.8 Å². The number of H-pyrrole nitrogens is 1. The molecule has 0 radical (unpaired) electrons. The first kappa shape index (κ1) is 15.4. The zero-order valence-corrected chi connectivity index (χ0v) is 13.9. The number of aryl methyl sites for hydroxylation is 1. The van der Waals surface area contributed by atoms with Crippen LogP contribution in [0.5, 0.6) is 0 Å². The number of aromatic amines is 1. The normalized spacial score (nSPS) is 16.7. The van der Waals surface area contributed by atoms with Crippen molar-refractivity contribution in [3.05, 3.63) is 47.8 Å². The number of methoxy groups -OCH3 is 1. The molecule has 1 aliphatic rings. The minimum Gasteiger partial charge on any atom is -0.467 e. The van der Waals surface area contributed by atoms with Crippen LogP contribution in [-0.4, -0.2) is 49.4 Å². The van der Waals surface area contributed by atoms with Crippen molar-refractivity contribution in [3.63, 3.8) is 0 Å². The molecule has 1 N–H and O–H groups in total. The van der Waals surface area contributed by atoms with E-state index in [4.69, 9.17) is 4.74 Å². The molecule has 1 unspecified atom stereocenters. The number of imidazole rings is 1. The standard InChI is InChI=1S/C17H17N5O3/c1-21-6-5-10-3-4-11(20-15(10)21)16(23)22-8-13-12(18-9-19-13)7-14(22)17(24)25-2/h3-6,9,14H,7-8H2,1-2H3,(H,18,19). The molecule has 4 heterocycles. The SMILES string of the molecule is COC(=O)C1Cc2nc[nH]c2CN1C(=O)c1ccc2ccn(C)c2n1. The predicted molar refractivity (Wildman–Crippen MR) is 88.7 cm³/mol. The number of amides is 1. The average Bonchev–Trinajstić information content (AvgIpc) is 3.25. The molecule has 0 bridgehead atoms. The van der Waals surface area contributed by atoms with E-state index in [-0.39, 0.29) is 12.5 Å². The monoisotopic (exact) mass is 339 g/mol. The second kappa shape index (κ2) is 5.73. The molecule has 0 aromatic carbocycles. The molecule has 0 saturated heterocycles. The van der Waals surface area contributed by atoms with Crippen molar-refractivity contribution < 1.29 is 14.3 Å². The molecule has 1 aliphatic heterocycles. The zero-order valence-electron chi connectivity index (χ0n) is 13.9. The number of esters is 1. The first-order valence-corrected chi connectivity index (χ1v) is 7.90. The number of hydrogen-bond donors (Lipinski definition) is 1. The van der Waals surface area contributed by atoms with E-state index in [2.05, 4.69) is 15.0 Å². The van der Waals surface area contributed by atoms with Gasteiger partial charge in [-0.1, -0.05) is 0 Å². The number of ether oxygens (including phenoxy) is 1. The van der Waals surface area contributed by atoms with Gasteiger partial charge in [-0.15, -0.1) is 0 Å². The van der Waals surface area contributed by atoms with Gasteiger partial charge in [-0.2, -0.15) is 0 Å². The molecule has 1 atom stereocenters. The lowest BCUT2D eigenvalue weighted by atomic mass is 10.0. The van der Waals surface area contributed by atoms with Crippen LogP contribution in [0.2, 0.25) is 0 Å². The molecule has 0 fully saturated rings. The van der Waals surface area contributed by atoms with E-state index in [1.807, 2.05) is 29.9 Å². The molecular weight excluding hydrogens is 322 g/mol. The van der Waals surface area contributed by atoms with E-state index in [0.717, 1.165) is 22.4 Å². The Morgan fingerprint density at radius 2 is 2.16 bits per heavy atom. The summed E-state index contributed by atoms with van der Waals surface area (Å²) in [6.07, 6.45) is 3.78. The van der Waals surface area contributed by atoms with E-state index in [1.54, 1.807) is 12.4 Å². The Hall–Kier alpha value is -3.16. The van der Waals surface area contributed by atoms with Crippen molar-refractivity contribution in [2.75, 3.05) is 7.11 Å². The van der Waals surface area contributed by atoms with Gasteiger partial charge in [0.2, 0.25) is 0 Å². The molecule has 0 aliphatic carbocycles. The third kappa shape index (κ3) is 2.46. The highest BCUT2D eigenvalue weighted by Crippen LogP contribution is 2.24. The van der Waals surface area contributed by atoms with Crippen molar-refractivity contribution in [3.8, 4) is 0 Å². The van der Waals surface area contributed by atoms with Gasteiger partial charge in [-0.05, 0) is 18.2 Å². The molecule has 8 heteroatoms. The van der Waals surface area contributed by atoms with E-state index in [1.165, 1.54) is 12.0 Å². The van der Waals surface area contributed by atoms with Crippen LogP contribution in [0.3, 0.4) is 0 Å². The van der Waals surface area contributed by atoms with Crippen molar-refractivity contribution in [2.45, 2.75) is 19.0 Å². The number of nitrogens with one attached hydrogen (secondary N) is 1. The highest BCUT2D eigenvalue weighted by atomic mass is 16.5. The maximum atomic E-state index is 13.1. The van der Waals surface area contributed by atoms with Gasteiger partial charge in [-0.3, -0.25) is 4.79 Å². The predicted octanol–water partition coefficient (Wildman–Crippen LogP) is 1.04. The number of pyridine rings is 1. The van der Waals surface area contributed by atoms with Gasteiger partial charge in [0.1, 0.15) is 17.4 Å². The second-order valence-corrected chi connectivity index (χ2v) is 6.04. The summed E-state index contributed by atoms with van der Waals surface area (Å²) in [7, 11) is 3.19. The van der Waals surface area contributed by atoms with Crippen LogP contribution in [0.15, 0.2) is 30.7 Å². The Balaban J connectivity index is 1.72. The summed E-state index contributed by atoms with van der Waals surface area (Å²) in [4.78, 5) is 38.4. The summed E-state index contributed by atoms with van der Waals surface area (Å²) in [5.41, 5.74) is 2.63. The highest BCUT2D eigenvalue weighted by molar-refractivity contribution is 5.97. The lowest BCUT2D eigenvalue weighted by molar-refractivity contribution is -0.146. The van der Waals surface area contributed by atoms with Crippen molar-refractivity contribution >= 4 is 22.9 Å². The summed E-state index contributed by atoms with van der Waals surface area (Å²) in [6, 6.07) is 4.76. The summed E-state index contributed by atoms with van der Waals surface area (Å²) in [6.45, 7) is 0.265. The van der Waals surface area contributed by atoms with Gasteiger partial charge < -0.3 is 19.2 Å². The average molecular weight is 339 g/mol. The highest BCUT2D eigenvalue weighted by Gasteiger charge is 2.37. The molecule has 128 valence electrons. The minimum atomic E-state index is -0.709. The Bertz CT molecular complexity index is 974. The largest absolute Gasteiger partial charge is 0.467 e. The molecule has 8 nitrogen and oxygen atoms in total. The van der Waals surface area contributed by atoms with Crippen LogP contribution in [0.4, 0.5) is 0 Å². The molecule has 3 aromatic rings. The molecule has 0 saturated carbocycles. The molecule has 0 spiro atoms. The van der Waals surface area contributed by atoms with Crippen molar-refractivity contribution in [1.82, 2.24) is 24.4 Å². The van der Waals surface area contributed by atoms with E-state index in [9.17, 15) is 9.59 Å². The fourth-order valence-corrected chi connectivity index (χ4v) is 3.20. The number of rotatable bonds is 2. The number of hydrogen-bond acceptors (Lipinski definition) is 5. The lowest BCUT2D eigenvalue weighted by Gasteiger charge is -2.32. The fraction of sp³-hybridized carbons (Fsp3) is 0.294. The second-order valence-electron chi connectivity index (χ2n) is 6.04. The Morgan fingerprint density at radius 3 is 2.96 bits per heavy atom. The van der Waals surface area contributed by atoms with Crippen LogP contribution in [0, 0.1) is 0 Å². The molecular formula is C17H17N5O3. The third-order valence-electron chi connectivity index (χ3n) is 4.57. The Morgan fingerprint density at radius 1 is 1.32 bits per heavy atom. The van der Waals surface area contributed by atoms with Crippen LogP contribution in [0.25, 0.3) is 11.0 Å². The lowest BCUT2D eigenvalue weighted by Crippen LogP contribution is -2.49. The van der Waals surface area contributed by atoms with E-state index in [0.29, 0.717) is 12.1 Å². The topological polar surface area (TPSA) is 93.1 Å². The van der Waals surface area contributed by atoms with Gasteiger partial charge in [0.15, 0.2) is 0 Å². The number of fused-ring (bicyclic) bond motifs is 2. The minimum absolute atomic E-state index is 0.265. The number of nitrogens with zero attached hydrogens (tertiary/aromatic N) is 4. The van der Waals surface area contributed by atoms with Crippen LogP contribution < -0.4 is 0 Å². The first-order valence-electron chi connectivity index (χ1n) is 7.90. The van der Waals surface area contributed by atoms with Crippen LogP contribution in [0.1, 0.15) is 21.9 Å². The quantitative estimate of drug-likeness (QED) is 0.704. The number of aromatic nitrogens is 4. The number of carbonyl (C=O) groups is 2. The Labute approximate surface area is 143 Å². The van der Waals surface area contributed by atoms with Crippen molar-refractivity contribution in [2.24, 2.45) is 7.05 Å². The number of carbonyl (C=O) groups excluding carboxylic acids is 2. The first-order chi connectivity index (χ1) is 12.1. The Kier molecular flexibility index (Phi) is 3.52. The third-order valence-corrected chi connectivity index (χ3v) is 4.57. The summed E-state index contributed by atoms with van der Waals surface area (Å²) >= 11 is 0. The van der Waals surface area contributed by atoms with Gasteiger partial charge >= 0.3 is 5.97 Å². The smallest absolute Gasteiger partial charge is 0.329 e. The summed E-state index contributed by atoms with van der Waals surface area (Å²) < 4.78 is 6.73. The van der Waals surface area contributed by atoms with Gasteiger partial charge in [0.05, 0.1) is 31.4 Å². The van der Waals surface area contributed by atoms with Crippen LogP contribution in [-0.2, 0) is 29.5 Å². The van der Waals surface area contributed by atoms with Gasteiger partial charge in [0.25, 0.3) is 5.91 Å². The molecule has 3 aromatic heterocycles. The van der Waals surface area contributed by atoms with Crippen LogP contribution >= 0.6 is 0 Å². The fourth-order valence-electron chi connectivity index (χ4n) is 3.20. The summed E-state index contributed by atoms with van der Waals surface area (Å²) in [5.74, 6) is -0.763. The summed E-state index contributed by atoms with van der Waals surface area (Å²) in [5, 5.41) is 0.957. The van der Waals surface area contributed by atoms with Crippen molar-refractivity contribution in [1.29, 1.82) is 0 Å².